The number of nitrogens with one attached hydrogen (secondary N) is 1. The quantitative estimate of drug-likeness (QED) is 0.874. The van der Waals surface area contributed by atoms with Crippen molar-refractivity contribution in [2.75, 3.05) is 0 Å². The van der Waals surface area contributed by atoms with E-state index in [9.17, 15) is 0 Å². The van der Waals surface area contributed by atoms with Gasteiger partial charge in [0, 0.05) is 24.0 Å². The van der Waals surface area contributed by atoms with Gasteiger partial charge in [-0.3, -0.25) is 0 Å². The summed E-state index contributed by atoms with van der Waals surface area (Å²) in [5, 5.41) is 5.59. The number of aryl methyl sites for hydroxylation is 1. The molecule has 0 bridgehead atoms. The summed E-state index contributed by atoms with van der Waals surface area (Å²) in [6.45, 7) is 5.58. The topological polar surface area (TPSA) is 24.9 Å². The van der Waals surface area contributed by atoms with Gasteiger partial charge in [-0.25, -0.2) is 4.98 Å². The van der Waals surface area contributed by atoms with Crippen molar-refractivity contribution < 1.29 is 0 Å². The molecule has 0 aliphatic heterocycles. The second-order valence-corrected chi connectivity index (χ2v) is 7.92. The fourth-order valence-corrected chi connectivity index (χ4v) is 4.42. The van der Waals surface area contributed by atoms with E-state index in [1.54, 1.807) is 0 Å². The molecule has 0 amide bonds. The third kappa shape index (κ3) is 3.98. The van der Waals surface area contributed by atoms with Crippen LogP contribution >= 0.6 is 11.8 Å². The lowest BCUT2D eigenvalue weighted by Crippen LogP contribution is -2.16. The van der Waals surface area contributed by atoms with E-state index in [-0.39, 0.29) is 0 Å². The summed E-state index contributed by atoms with van der Waals surface area (Å²) in [5.41, 5.74) is 2.68. The van der Waals surface area contributed by atoms with Gasteiger partial charge >= 0.3 is 0 Å². The summed E-state index contributed by atoms with van der Waals surface area (Å²) in [4.78, 5) is 4.72. The Morgan fingerprint density at radius 1 is 1.30 bits per heavy atom. The van der Waals surface area contributed by atoms with E-state index in [4.69, 9.17) is 4.98 Å². The SMILES string of the molecule is Cc1cc(CNC2CC2)cnc1SC1CCCC(C)C1. The molecule has 1 aromatic heterocycles. The monoisotopic (exact) mass is 290 g/mol. The standard InChI is InChI=1S/C17H26N2S/c1-12-4-3-5-16(8-12)20-17-13(2)9-14(11-19-17)10-18-15-6-7-15/h9,11-12,15-16,18H,3-8,10H2,1-2H3. The molecular formula is C17H26N2S. The maximum Gasteiger partial charge on any atom is 0.0991 e. The molecule has 1 heterocycles. The van der Waals surface area contributed by atoms with Gasteiger partial charge in [0.05, 0.1) is 5.03 Å². The molecule has 2 aliphatic carbocycles. The lowest BCUT2D eigenvalue weighted by atomic mass is 9.91. The molecule has 1 N–H and O–H groups in total. The van der Waals surface area contributed by atoms with E-state index >= 15 is 0 Å². The molecule has 2 nitrogen and oxygen atoms in total. The first kappa shape index (κ1) is 14.4. The Kier molecular flexibility index (Phi) is 4.67. The third-order valence-electron chi connectivity index (χ3n) is 4.43. The van der Waals surface area contributed by atoms with Gasteiger partial charge in [0.2, 0.25) is 0 Å². The highest BCUT2D eigenvalue weighted by Crippen LogP contribution is 2.36. The maximum absolute atomic E-state index is 4.72. The van der Waals surface area contributed by atoms with Gasteiger partial charge in [-0.15, -0.1) is 11.8 Å². The van der Waals surface area contributed by atoms with Gasteiger partial charge in [-0.05, 0) is 49.7 Å². The lowest BCUT2D eigenvalue weighted by Gasteiger charge is -2.26. The molecule has 0 spiro atoms. The van der Waals surface area contributed by atoms with E-state index in [0.717, 1.165) is 23.8 Å². The number of pyridine rings is 1. The van der Waals surface area contributed by atoms with Crippen molar-refractivity contribution in [1.29, 1.82) is 0 Å². The molecule has 2 fully saturated rings. The van der Waals surface area contributed by atoms with Crippen molar-refractivity contribution in [3.63, 3.8) is 0 Å². The van der Waals surface area contributed by atoms with Crippen LogP contribution in [0.25, 0.3) is 0 Å². The molecule has 3 heteroatoms. The van der Waals surface area contributed by atoms with Crippen molar-refractivity contribution >= 4 is 11.8 Å². The predicted octanol–water partition coefficient (Wildman–Crippen LogP) is 4.31. The fourth-order valence-electron chi connectivity index (χ4n) is 3.03. The first-order valence-electron chi connectivity index (χ1n) is 8.06. The molecule has 1 aromatic rings. The largest absolute Gasteiger partial charge is 0.310 e. The lowest BCUT2D eigenvalue weighted by molar-refractivity contribution is 0.394. The van der Waals surface area contributed by atoms with Crippen molar-refractivity contribution in [2.45, 2.75) is 75.2 Å². The number of thioether (sulfide) groups is 1. The molecule has 2 aliphatic rings. The summed E-state index contributed by atoms with van der Waals surface area (Å²) in [6.07, 6.45) is 10.3. The Morgan fingerprint density at radius 2 is 2.15 bits per heavy atom. The van der Waals surface area contributed by atoms with E-state index in [0.29, 0.717) is 0 Å². The smallest absolute Gasteiger partial charge is 0.0991 e. The Morgan fingerprint density at radius 3 is 2.85 bits per heavy atom. The highest BCUT2D eigenvalue weighted by Gasteiger charge is 2.22. The molecule has 2 atom stereocenters. The second kappa shape index (κ2) is 6.48. The molecule has 110 valence electrons. The van der Waals surface area contributed by atoms with E-state index < -0.39 is 0 Å². The zero-order valence-corrected chi connectivity index (χ0v) is 13.5. The van der Waals surface area contributed by atoms with Crippen LogP contribution in [0.4, 0.5) is 0 Å². The Bertz CT molecular complexity index is 456. The molecule has 2 saturated carbocycles. The van der Waals surface area contributed by atoms with Crippen LogP contribution in [-0.2, 0) is 6.54 Å². The number of hydrogen-bond acceptors (Lipinski definition) is 3. The maximum atomic E-state index is 4.72. The van der Waals surface area contributed by atoms with Crippen LogP contribution < -0.4 is 5.32 Å². The van der Waals surface area contributed by atoms with Crippen molar-refractivity contribution in [1.82, 2.24) is 10.3 Å². The van der Waals surface area contributed by atoms with Gasteiger partial charge in [-0.2, -0.15) is 0 Å². The van der Waals surface area contributed by atoms with Gasteiger partial charge in [-0.1, -0.05) is 25.8 Å². The summed E-state index contributed by atoms with van der Waals surface area (Å²) in [5.74, 6) is 0.892. The highest BCUT2D eigenvalue weighted by molar-refractivity contribution is 7.99. The number of aromatic nitrogens is 1. The number of nitrogens with zero attached hydrogens (tertiary/aromatic N) is 1. The van der Waals surface area contributed by atoms with Crippen LogP contribution in [0.1, 0.15) is 56.6 Å². The van der Waals surface area contributed by atoms with E-state index in [2.05, 4.69) is 31.4 Å². The minimum Gasteiger partial charge on any atom is -0.310 e. The fraction of sp³-hybridized carbons (Fsp3) is 0.706. The summed E-state index contributed by atoms with van der Waals surface area (Å²) < 4.78 is 0. The van der Waals surface area contributed by atoms with Gasteiger partial charge in [0.25, 0.3) is 0 Å². The number of rotatable bonds is 5. The predicted molar refractivity (Wildman–Crippen MR) is 86.1 cm³/mol. The van der Waals surface area contributed by atoms with Crippen molar-refractivity contribution in [3.8, 4) is 0 Å². The van der Waals surface area contributed by atoms with Crippen LogP contribution in [0.5, 0.6) is 0 Å². The molecule has 2 unspecified atom stereocenters. The summed E-state index contributed by atoms with van der Waals surface area (Å²) in [6, 6.07) is 3.09. The van der Waals surface area contributed by atoms with Gasteiger partial charge in [0.15, 0.2) is 0 Å². The average molecular weight is 290 g/mol. The Hall–Kier alpha value is -0.540. The van der Waals surface area contributed by atoms with Crippen LogP contribution in [0, 0.1) is 12.8 Å². The first-order valence-corrected chi connectivity index (χ1v) is 8.94. The molecular weight excluding hydrogens is 264 g/mol. The molecule has 0 aromatic carbocycles. The van der Waals surface area contributed by atoms with Crippen molar-refractivity contribution in [2.24, 2.45) is 5.92 Å². The molecule has 3 rings (SSSR count). The van der Waals surface area contributed by atoms with Crippen LogP contribution in [-0.4, -0.2) is 16.3 Å². The van der Waals surface area contributed by atoms with Crippen LogP contribution in [0.15, 0.2) is 17.3 Å². The molecule has 0 saturated heterocycles. The highest BCUT2D eigenvalue weighted by atomic mass is 32.2. The first-order chi connectivity index (χ1) is 9.70. The van der Waals surface area contributed by atoms with E-state index in [1.165, 1.54) is 54.7 Å². The van der Waals surface area contributed by atoms with Crippen LogP contribution in [0.3, 0.4) is 0 Å². The summed E-state index contributed by atoms with van der Waals surface area (Å²) in [7, 11) is 0. The normalized spacial score (nSPS) is 26.7. The Balaban J connectivity index is 1.58. The Labute approximate surface area is 127 Å². The average Bonchev–Trinajstić information content (AvgIpc) is 3.23. The minimum absolute atomic E-state index is 0.771. The summed E-state index contributed by atoms with van der Waals surface area (Å²) >= 11 is 2.01. The van der Waals surface area contributed by atoms with Crippen molar-refractivity contribution in [3.05, 3.63) is 23.4 Å². The van der Waals surface area contributed by atoms with E-state index in [1.807, 2.05) is 11.8 Å². The van der Waals surface area contributed by atoms with Crippen LogP contribution in [0.2, 0.25) is 0 Å². The van der Waals surface area contributed by atoms with Gasteiger partial charge in [0.1, 0.15) is 0 Å². The third-order valence-corrected chi connectivity index (χ3v) is 5.84. The zero-order chi connectivity index (χ0) is 13.9. The minimum atomic E-state index is 0.771. The second-order valence-electron chi connectivity index (χ2n) is 6.63. The molecule has 20 heavy (non-hydrogen) atoms. The van der Waals surface area contributed by atoms with Gasteiger partial charge < -0.3 is 5.32 Å². The molecule has 0 radical (unpaired) electrons. The number of hydrogen-bond donors (Lipinski definition) is 1. The zero-order valence-electron chi connectivity index (χ0n) is 12.7.